The molecule has 1 aliphatic rings. The van der Waals surface area contributed by atoms with E-state index in [0.717, 1.165) is 0 Å². The van der Waals surface area contributed by atoms with Gasteiger partial charge < -0.3 is 10.2 Å². The molecule has 1 aliphatic carbocycles. The van der Waals surface area contributed by atoms with Crippen LogP contribution in [0.2, 0.25) is 0 Å². The van der Waals surface area contributed by atoms with Crippen molar-refractivity contribution in [3.05, 3.63) is 36.7 Å². The van der Waals surface area contributed by atoms with Gasteiger partial charge in [-0.2, -0.15) is 0 Å². The number of hydrogen-bond donors (Lipinski definition) is 3. The highest BCUT2D eigenvalue weighted by Crippen LogP contribution is 2.52. The number of H-pyrrole nitrogens is 1. The van der Waals surface area contributed by atoms with E-state index in [0.29, 0.717) is 18.5 Å². The first-order chi connectivity index (χ1) is 9.06. The summed E-state index contributed by atoms with van der Waals surface area (Å²) in [6.07, 6.45) is 3.78. The van der Waals surface area contributed by atoms with E-state index in [1.165, 1.54) is 10.8 Å². The van der Waals surface area contributed by atoms with Crippen LogP contribution in [0, 0.1) is 11.3 Å². The van der Waals surface area contributed by atoms with E-state index in [1.54, 1.807) is 10.2 Å². The standard InChI is InChI=1S/C12H15IN2O4/c13-2-1-8-4-15(11(19)14-10(8)18)6-12(7-17)3-9(12)5-16/h1-2,4,9,16-17H,3,5-7H2,(H,14,18,19)/b2-1+. The number of nitrogens with one attached hydrogen (secondary N) is 1. The van der Waals surface area contributed by atoms with Crippen molar-refractivity contribution in [2.24, 2.45) is 11.3 Å². The number of aromatic amines is 1. The molecular formula is C12H15IN2O4. The topological polar surface area (TPSA) is 95.3 Å². The fraction of sp³-hybridized carbons (Fsp3) is 0.500. The Labute approximate surface area is 122 Å². The summed E-state index contributed by atoms with van der Waals surface area (Å²) in [7, 11) is 0. The minimum absolute atomic E-state index is 0.000819. The Morgan fingerprint density at radius 1 is 1.53 bits per heavy atom. The average molecular weight is 378 g/mol. The van der Waals surface area contributed by atoms with E-state index in [-0.39, 0.29) is 19.1 Å². The molecule has 0 bridgehead atoms. The van der Waals surface area contributed by atoms with Crippen molar-refractivity contribution in [1.29, 1.82) is 0 Å². The Hall–Kier alpha value is -0.930. The lowest BCUT2D eigenvalue weighted by molar-refractivity contribution is 0.156. The summed E-state index contributed by atoms with van der Waals surface area (Å²) in [5.41, 5.74) is -0.973. The predicted molar refractivity (Wildman–Crippen MR) is 79.1 cm³/mol. The molecule has 0 amide bonds. The van der Waals surface area contributed by atoms with E-state index in [2.05, 4.69) is 4.98 Å². The molecule has 0 radical (unpaired) electrons. The second kappa shape index (κ2) is 5.59. The Kier molecular flexibility index (Phi) is 4.26. The molecule has 0 saturated heterocycles. The maximum Gasteiger partial charge on any atom is 0.328 e. The van der Waals surface area contributed by atoms with E-state index in [1.807, 2.05) is 22.6 Å². The second-order valence-corrected chi connectivity index (χ2v) is 5.59. The number of aliphatic hydroxyl groups is 2. The SMILES string of the molecule is O=c1[nH]c(=O)n(CC2(CO)CC2CO)cc1/C=C/I. The highest BCUT2D eigenvalue weighted by Gasteiger charge is 2.53. The minimum Gasteiger partial charge on any atom is -0.396 e. The molecule has 104 valence electrons. The van der Waals surface area contributed by atoms with Crippen LogP contribution in [0.25, 0.3) is 6.08 Å². The quantitative estimate of drug-likeness (QED) is 0.626. The van der Waals surface area contributed by atoms with Gasteiger partial charge in [0, 0.05) is 24.8 Å². The summed E-state index contributed by atoms with van der Waals surface area (Å²) < 4.78 is 3.08. The highest BCUT2D eigenvalue weighted by molar-refractivity contribution is 14.1. The summed E-state index contributed by atoms with van der Waals surface area (Å²) in [5.74, 6) is 0.0138. The molecule has 2 unspecified atom stereocenters. The van der Waals surface area contributed by atoms with Crippen LogP contribution in [0.3, 0.4) is 0 Å². The molecule has 19 heavy (non-hydrogen) atoms. The van der Waals surface area contributed by atoms with Crippen LogP contribution >= 0.6 is 22.6 Å². The molecule has 0 aromatic carbocycles. The Balaban J connectivity index is 2.33. The van der Waals surface area contributed by atoms with Crippen LogP contribution in [-0.2, 0) is 6.54 Å². The lowest BCUT2D eigenvalue weighted by Gasteiger charge is -2.15. The lowest BCUT2D eigenvalue weighted by Crippen LogP contribution is -2.34. The van der Waals surface area contributed by atoms with Crippen LogP contribution in [0.1, 0.15) is 12.0 Å². The van der Waals surface area contributed by atoms with Crippen LogP contribution in [0.5, 0.6) is 0 Å². The monoisotopic (exact) mass is 378 g/mol. The van der Waals surface area contributed by atoms with Crippen LogP contribution < -0.4 is 11.2 Å². The summed E-state index contributed by atoms with van der Waals surface area (Å²) in [4.78, 5) is 25.5. The summed E-state index contributed by atoms with van der Waals surface area (Å²) in [5, 5.41) is 18.6. The first kappa shape index (κ1) is 14.5. The van der Waals surface area contributed by atoms with Crippen LogP contribution in [0.4, 0.5) is 0 Å². The third kappa shape index (κ3) is 2.82. The minimum atomic E-state index is -0.493. The molecule has 1 fully saturated rings. The number of aliphatic hydroxyl groups excluding tert-OH is 2. The average Bonchev–Trinajstić information content (AvgIpc) is 3.09. The van der Waals surface area contributed by atoms with Gasteiger partial charge in [0.05, 0.1) is 12.2 Å². The third-order valence-electron chi connectivity index (χ3n) is 3.66. The Morgan fingerprint density at radius 3 is 2.79 bits per heavy atom. The van der Waals surface area contributed by atoms with Crippen LogP contribution in [0.15, 0.2) is 19.9 Å². The first-order valence-electron chi connectivity index (χ1n) is 5.88. The summed E-state index contributed by atoms with van der Waals surface area (Å²) in [6, 6.07) is 0. The fourth-order valence-corrected chi connectivity index (χ4v) is 2.68. The highest BCUT2D eigenvalue weighted by atomic mass is 127. The van der Waals surface area contributed by atoms with Gasteiger partial charge in [-0.25, -0.2) is 4.79 Å². The normalized spacial score (nSPS) is 25.9. The Bertz CT molecular complexity index is 606. The van der Waals surface area contributed by atoms with Gasteiger partial charge in [0.15, 0.2) is 0 Å². The van der Waals surface area contributed by atoms with Gasteiger partial charge in [-0.1, -0.05) is 22.6 Å². The lowest BCUT2D eigenvalue weighted by atomic mass is 10.1. The van der Waals surface area contributed by atoms with Crippen molar-refractivity contribution in [1.82, 2.24) is 9.55 Å². The smallest absolute Gasteiger partial charge is 0.328 e. The van der Waals surface area contributed by atoms with Gasteiger partial charge in [-0.15, -0.1) is 0 Å². The molecule has 1 aromatic rings. The van der Waals surface area contributed by atoms with Crippen molar-refractivity contribution in [3.8, 4) is 0 Å². The van der Waals surface area contributed by atoms with Crippen LogP contribution in [-0.4, -0.2) is 33.0 Å². The van der Waals surface area contributed by atoms with Gasteiger partial charge in [0.25, 0.3) is 5.56 Å². The van der Waals surface area contributed by atoms with E-state index < -0.39 is 16.7 Å². The number of rotatable bonds is 5. The van der Waals surface area contributed by atoms with Gasteiger partial charge in [-0.3, -0.25) is 14.3 Å². The molecule has 6 nitrogen and oxygen atoms in total. The maximum absolute atomic E-state index is 11.8. The maximum atomic E-state index is 11.8. The summed E-state index contributed by atoms with van der Waals surface area (Å²) >= 11 is 1.99. The molecule has 1 aromatic heterocycles. The number of halogens is 1. The van der Waals surface area contributed by atoms with E-state index in [9.17, 15) is 14.7 Å². The zero-order valence-corrected chi connectivity index (χ0v) is 12.3. The molecule has 1 heterocycles. The zero-order valence-electron chi connectivity index (χ0n) is 10.2. The number of nitrogens with zero attached hydrogens (tertiary/aromatic N) is 1. The molecule has 1 saturated carbocycles. The number of hydrogen-bond acceptors (Lipinski definition) is 4. The first-order valence-corrected chi connectivity index (χ1v) is 7.13. The largest absolute Gasteiger partial charge is 0.396 e. The second-order valence-electron chi connectivity index (χ2n) is 4.87. The van der Waals surface area contributed by atoms with Gasteiger partial charge >= 0.3 is 5.69 Å². The van der Waals surface area contributed by atoms with Gasteiger partial charge in [0.2, 0.25) is 0 Å². The summed E-state index contributed by atoms with van der Waals surface area (Å²) in [6.45, 7) is 0.215. The predicted octanol–water partition coefficient (Wildman–Crippen LogP) is -0.0668. The molecule has 0 spiro atoms. The van der Waals surface area contributed by atoms with E-state index >= 15 is 0 Å². The third-order valence-corrected chi connectivity index (χ3v) is 4.02. The van der Waals surface area contributed by atoms with Crippen molar-refractivity contribution < 1.29 is 10.2 Å². The van der Waals surface area contributed by atoms with Crippen molar-refractivity contribution in [2.45, 2.75) is 13.0 Å². The molecule has 2 rings (SSSR count). The molecule has 0 aliphatic heterocycles. The molecular weight excluding hydrogens is 363 g/mol. The van der Waals surface area contributed by atoms with Crippen molar-refractivity contribution in [3.63, 3.8) is 0 Å². The van der Waals surface area contributed by atoms with E-state index in [4.69, 9.17) is 5.11 Å². The zero-order chi connectivity index (χ0) is 14.0. The number of aromatic nitrogens is 2. The molecule has 7 heteroatoms. The van der Waals surface area contributed by atoms with Crippen molar-refractivity contribution in [2.75, 3.05) is 13.2 Å². The van der Waals surface area contributed by atoms with Crippen molar-refractivity contribution >= 4 is 28.7 Å². The molecule has 3 N–H and O–H groups in total. The van der Waals surface area contributed by atoms with Gasteiger partial charge in [-0.05, 0) is 22.5 Å². The molecule has 2 atom stereocenters. The Morgan fingerprint density at radius 2 is 2.26 bits per heavy atom. The fourth-order valence-electron chi connectivity index (χ4n) is 2.30. The van der Waals surface area contributed by atoms with Gasteiger partial charge in [0.1, 0.15) is 0 Å².